The van der Waals surface area contributed by atoms with Gasteiger partial charge in [-0.15, -0.1) is 0 Å². The number of rotatable bonds is 4. The Morgan fingerprint density at radius 3 is 2.53 bits per heavy atom. The predicted octanol–water partition coefficient (Wildman–Crippen LogP) is 2.74. The summed E-state index contributed by atoms with van der Waals surface area (Å²) in [5.74, 6) is -1.03. The molecule has 0 saturated carbocycles. The van der Waals surface area contributed by atoms with Crippen molar-refractivity contribution in [2.24, 2.45) is 5.73 Å². The molecule has 2 aromatic rings. The Morgan fingerprint density at radius 2 is 1.89 bits per heavy atom. The van der Waals surface area contributed by atoms with Crippen molar-refractivity contribution in [1.82, 2.24) is 0 Å². The molecule has 0 aliphatic rings. The van der Waals surface area contributed by atoms with Crippen LogP contribution in [0, 0.1) is 11.6 Å². The molecule has 0 radical (unpaired) electrons. The molecule has 4 N–H and O–H groups in total. The van der Waals surface area contributed by atoms with Crippen LogP contribution in [0.2, 0.25) is 0 Å². The molecular formula is C14H14F2N2O. The lowest BCUT2D eigenvalue weighted by Crippen LogP contribution is -2.03. The highest BCUT2D eigenvalue weighted by molar-refractivity contribution is 5.46. The minimum Gasteiger partial charge on any atom is -0.508 e. The average Bonchev–Trinajstić information content (AvgIpc) is 2.35. The van der Waals surface area contributed by atoms with Crippen molar-refractivity contribution in [3.63, 3.8) is 0 Å². The molecule has 0 spiro atoms. The monoisotopic (exact) mass is 264 g/mol. The smallest absolute Gasteiger partial charge is 0.129 e. The first-order chi connectivity index (χ1) is 9.08. The van der Waals surface area contributed by atoms with Crippen molar-refractivity contribution in [2.75, 3.05) is 5.32 Å². The first kappa shape index (κ1) is 13.3. The number of nitrogens with one attached hydrogen (secondary N) is 1. The molecule has 0 bridgehead atoms. The fourth-order valence-electron chi connectivity index (χ4n) is 1.76. The average molecular weight is 264 g/mol. The van der Waals surface area contributed by atoms with Gasteiger partial charge >= 0.3 is 0 Å². The molecule has 0 aromatic heterocycles. The van der Waals surface area contributed by atoms with Crippen LogP contribution in [0.5, 0.6) is 5.75 Å². The zero-order valence-corrected chi connectivity index (χ0v) is 10.2. The number of benzene rings is 2. The summed E-state index contributed by atoms with van der Waals surface area (Å²) in [5.41, 5.74) is 6.95. The quantitative estimate of drug-likeness (QED) is 0.795. The van der Waals surface area contributed by atoms with Crippen LogP contribution in [0.15, 0.2) is 36.4 Å². The van der Waals surface area contributed by atoms with Crippen LogP contribution < -0.4 is 11.1 Å². The van der Waals surface area contributed by atoms with Crippen molar-refractivity contribution >= 4 is 5.69 Å². The maximum Gasteiger partial charge on any atom is 0.129 e. The molecule has 3 nitrogen and oxygen atoms in total. The van der Waals surface area contributed by atoms with Gasteiger partial charge < -0.3 is 16.2 Å². The van der Waals surface area contributed by atoms with E-state index in [2.05, 4.69) is 5.32 Å². The molecule has 2 aromatic carbocycles. The van der Waals surface area contributed by atoms with Gasteiger partial charge in [-0.2, -0.15) is 0 Å². The van der Waals surface area contributed by atoms with Gasteiger partial charge in [-0.1, -0.05) is 6.07 Å². The maximum atomic E-state index is 13.5. The molecule has 0 fully saturated rings. The van der Waals surface area contributed by atoms with E-state index in [-0.39, 0.29) is 24.7 Å². The van der Waals surface area contributed by atoms with E-state index in [1.807, 2.05) is 0 Å². The van der Waals surface area contributed by atoms with Gasteiger partial charge in [-0.25, -0.2) is 8.78 Å². The Balaban J connectivity index is 2.08. The summed E-state index contributed by atoms with van der Waals surface area (Å²) in [6.45, 7) is 0.427. The zero-order chi connectivity index (χ0) is 13.8. The molecule has 2 rings (SSSR count). The summed E-state index contributed by atoms with van der Waals surface area (Å²) in [5, 5.41) is 12.2. The summed E-state index contributed by atoms with van der Waals surface area (Å²) in [7, 11) is 0. The van der Waals surface area contributed by atoms with Gasteiger partial charge in [0, 0.05) is 30.4 Å². The minimum absolute atomic E-state index is 0.138. The van der Waals surface area contributed by atoms with E-state index in [4.69, 9.17) is 5.73 Å². The highest BCUT2D eigenvalue weighted by atomic mass is 19.1. The van der Waals surface area contributed by atoms with E-state index >= 15 is 0 Å². The number of anilines is 1. The first-order valence-corrected chi connectivity index (χ1v) is 5.79. The second-order valence-corrected chi connectivity index (χ2v) is 4.18. The van der Waals surface area contributed by atoms with Crippen LogP contribution in [-0.4, -0.2) is 5.11 Å². The van der Waals surface area contributed by atoms with Crippen molar-refractivity contribution in [1.29, 1.82) is 0 Å². The van der Waals surface area contributed by atoms with Crippen molar-refractivity contribution in [3.8, 4) is 5.75 Å². The molecule has 0 saturated heterocycles. The van der Waals surface area contributed by atoms with Crippen molar-refractivity contribution in [3.05, 3.63) is 59.2 Å². The Morgan fingerprint density at radius 1 is 1.11 bits per heavy atom. The van der Waals surface area contributed by atoms with E-state index in [0.29, 0.717) is 16.8 Å². The number of nitrogens with two attached hydrogens (primary N) is 1. The fraction of sp³-hybridized carbons (Fsp3) is 0.143. The topological polar surface area (TPSA) is 58.3 Å². The van der Waals surface area contributed by atoms with Gasteiger partial charge in [0.2, 0.25) is 0 Å². The van der Waals surface area contributed by atoms with E-state index in [9.17, 15) is 13.9 Å². The molecule has 0 unspecified atom stereocenters. The fourth-order valence-corrected chi connectivity index (χ4v) is 1.76. The SMILES string of the molecule is NCc1ccc(NCc2cc(O)cc(F)c2)cc1F. The Kier molecular flexibility index (Phi) is 3.97. The van der Waals surface area contributed by atoms with Gasteiger partial charge in [0.05, 0.1) is 0 Å². The van der Waals surface area contributed by atoms with Gasteiger partial charge in [-0.05, 0) is 29.8 Å². The predicted molar refractivity (Wildman–Crippen MR) is 69.7 cm³/mol. The second kappa shape index (κ2) is 5.67. The molecule has 0 heterocycles. The normalized spacial score (nSPS) is 10.5. The van der Waals surface area contributed by atoms with Crippen LogP contribution >= 0.6 is 0 Å². The third-order valence-electron chi connectivity index (χ3n) is 2.71. The Bertz CT molecular complexity index is 567. The minimum atomic E-state index is -0.513. The largest absolute Gasteiger partial charge is 0.508 e. The highest BCUT2D eigenvalue weighted by Gasteiger charge is 2.03. The number of hydrogen-bond donors (Lipinski definition) is 3. The molecule has 0 atom stereocenters. The first-order valence-electron chi connectivity index (χ1n) is 5.79. The van der Waals surface area contributed by atoms with Gasteiger partial charge in [0.25, 0.3) is 0 Å². The number of phenolic OH excluding ortho intramolecular Hbond substituents is 1. The van der Waals surface area contributed by atoms with Gasteiger partial charge in [0.15, 0.2) is 0 Å². The standard InChI is InChI=1S/C14H14F2N2O/c15-11-3-9(4-13(19)5-11)8-18-12-2-1-10(7-17)14(16)6-12/h1-6,18-19H,7-8,17H2. The Labute approximate surface area is 109 Å². The van der Waals surface area contributed by atoms with E-state index < -0.39 is 5.82 Å². The number of halogens is 2. The molecule has 19 heavy (non-hydrogen) atoms. The lowest BCUT2D eigenvalue weighted by molar-refractivity contribution is 0.468. The molecule has 0 aliphatic heterocycles. The Hall–Kier alpha value is -2.14. The summed E-state index contributed by atoms with van der Waals surface area (Å²) < 4.78 is 26.5. The summed E-state index contributed by atoms with van der Waals surface area (Å²) >= 11 is 0. The lowest BCUT2D eigenvalue weighted by Gasteiger charge is -2.09. The van der Waals surface area contributed by atoms with E-state index in [1.165, 1.54) is 18.2 Å². The molecule has 100 valence electrons. The van der Waals surface area contributed by atoms with Crippen molar-refractivity contribution < 1.29 is 13.9 Å². The third kappa shape index (κ3) is 3.42. The molecule has 0 amide bonds. The van der Waals surface area contributed by atoms with E-state index in [1.54, 1.807) is 12.1 Å². The van der Waals surface area contributed by atoms with Gasteiger partial charge in [-0.3, -0.25) is 0 Å². The number of hydrogen-bond acceptors (Lipinski definition) is 3. The highest BCUT2D eigenvalue weighted by Crippen LogP contribution is 2.18. The van der Waals surface area contributed by atoms with Gasteiger partial charge in [0.1, 0.15) is 17.4 Å². The van der Waals surface area contributed by atoms with E-state index in [0.717, 1.165) is 6.07 Å². The summed E-state index contributed by atoms with van der Waals surface area (Å²) in [4.78, 5) is 0. The third-order valence-corrected chi connectivity index (χ3v) is 2.71. The number of aromatic hydroxyl groups is 1. The van der Waals surface area contributed by atoms with Crippen LogP contribution in [0.25, 0.3) is 0 Å². The van der Waals surface area contributed by atoms with Crippen LogP contribution in [0.1, 0.15) is 11.1 Å². The molecule has 0 aliphatic carbocycles. The zero-order valence-electron chi connectivity index (χ0n) is 10.2. The van der Waals surface area contributed by atoms with Crippen LogP contribution in [-0.2, 0) is 13.1 Å². The number of phenols is 1. The molecular weight excluding hydrogens is 250 g/mol. The maximum absolute atomic E-state index is 13.5. The lowest BCUT2D eigenvalue weighted by atomic mass is 10.1. The molecule has 5 heteroatoms. The second-order valence-electron chi connectivity index (χ2n) is 4.18. The van der Waals surface area contributed by atoms with Crippen molar-refractivity contribution in [2.45, 2.75) is 13.1 Å². The van der Waals surface area contributed by atoms with Crippen LogP contribution in [0.4, 0.5) is 14.5 Å². The van der Waals surface area contributed by atoms with Crippen LogP contribution in [0.3, 0.4) is 0 Å². The summed E-state index contributed by atoms with van der Waals surface area (Å²) in [6, 6.07) is 8.41. The summed E-state index contributed by atoms with van der Waals surface area (Å²) in [6.07, 6.45) is 0.